The third kappa shape index (κ3) is 23.6. The van der Waals surface area contributed by atoms with Gasteiger partial charge in [0, 0.05) is 21.7 Å². The summed E-state index contributed by atoms with van der Waals surface area (Å²) in [6.45, 7) is 42.1. The molecule has 0 fully saturated rings. The van der Waals surface area contributed by atoms with Crippen molar-refractivity contribution in [2.24, 2.45) is 0 Å². The summed E-state index contributed by atoms with van der Waals surface area (Å²) in [4.78, 5) is 0. The summed E-state index contributed by atoms with van der Waals surface area (Å²) in [5.41, 5.74) is 12.1. The maximum absolute atomic E-state index is 6.55. The van der Waals surface area contributed by atoms with E-state index in [9.17, 15) is 0 Å². The molecule has 0 aliphatic carbocycles. The second-order valence-electron chi connectivity index (χ2n) is 27.9. The smallest absolute Gasteiger partial charge is 0.148 e. The number of ether oxygens (including phenoxy) is 8. The average Bonchev–Trinajstić information content (AvgIpc) is 0.768. The molecule has 0 saturated heterocycles. The summed E-state index contributed by atoms with van der Waals surface area (Å²) in [5.74, 6) is 6.02. The molecule has 0 aromatic heterocycles. The molecule has 12 aromatic rings. The van der Waals surface area contributed by atoms with Gasteiger partial charge in [-0.05, 0) is 287 Å². The predicted octanol–water partition coefficient (Wildman–Crippen LogP) is 30.6. The van der Waals surface area contributed by atoms with E-state index in [1.807, 2.05) is 109 Å². The molecule has 12 aromatic carbocycles. The quantitative estimate of drug-likeness (QED) is 0.0284. The van der Waals surface area contributed by atoms with Gasteiger partial charge in [-0.2, -0.15) is 0 Å². The van der Waals surface area contributed by atoms with Crippen LogP contribution in [0.25, 0.3) is 0 Å². The fourth-order valence-electron chi connectivity index (χ4n) is 13.7. The zero-order valence-electron chi connectivity index (χ0n) is 67.6. The molecule has 0 unspecified atom stereocenters. The van der Waals surface area contributed by atoms with Crippen LogP contribution in [0.3, 0.4) is 0 Å². The molecule has 0 atom stereocenters. The van der Waals surface area contributed by atoms with Gasteiger partial charge in [-0.25, -0.2) is 0 Å². The molecule has 8 nitrogen and oxygen atoms in total. The van der Waals surface area contributed by atoms with Crippen LogP contribution >= 0.6 is 119 Å². The van der Waals surface area contributed by atoms with Crippen molar-refractivity contribution < 1.29 is 37.9 Å². The van der Waals surface area contributed by atoms with Crippen LogP contribution in [0.15, 0.2) is 395 Å². The van der Waals surface area contributed by atoms with Crippen LogP contribution in [-0.4, -0.2) is 52.9 Å². The summed E-state index contributed by atoms with van der Waals surface area (Å²) in [6, 6.07) is 91.0. The number of hydrogen-bond donors (Lipinski definition) is 0. The monoisotopic (exact) mass is 2020 g/mol. The summed E-state index contributed by atoms with van der Waals surface area (Å²) in [7, 11) is 0. The highest BCUT2D eigenvalue weighted by atomic mass is 79.9. The van der Waals surface area contributed by atoms with Crippen LogP contribution in [0, 0.1) is 0 Å². The summed E-state index contributed by atoms with van der Waals surface area (Å²) in [6.07, 6.45) is 13.8. The molecule has 0 aliphatic heterocycles. The van der Waals surface area contributed by atoms with Gasteiger partial charge in [0.15, 0.2) is 0 Å². The van der Waals surface area contributed by atoms with Gasteiger partial charge in [0.05, 0.1) is 36.9 Å². The lowest BCUT2D eigenvalue weighted by Gasteiger charge is -2.33. The van der Waals surface area contributed by atoms with Crippen LogP contribution < -0.4 is 37.9 Å². The second kappa shape index (κ2) is 46.4. The standard InChI is InChI=1S/C26H22Br4O2.C26H24Br2O2.C26H24Cl2O2.C26H26O2/c1-4-11-31-24-20(27)13-18(14-21(24)28)26(3,17-9-7-6-8-10-17)19-15-22(29)25(23(30)16-19)32-12-5-2;2*1-4-15-29-24-13-11-20(17-22(24)27)26(3,19-9-7-6-8-10-19)21-12-14-25(23(28)18-21)30-16-5-2;1-4-19-27-24-15-11-22(12-16-24)26(3,21-9-7-6-8-10-21)23-13-17-25(18-14-23)28-20-5-2/h4-10,13-16H,1-2,11-12H2,3H3;2*4-14,17-18H,1-2,15-16H2,3H3;4-18H,1-2,19-20H2,3H3. The van der Waals surface area contributed by atoms with Crippen molar-refractivity contribution in [1.29, 1.82) is 0 Å². The van der Waals surface area contributed by atoms with Crippen molar-refractivity contribution in [3.63, 3.8) is 0 Å². The Morgan fingerprint density at radius 3 is 0.683 bits per heavy atom. The van der Waals surface area contributed by atoms with E-state index in [0.717, 1.165) is 106 Å². The van der Waals surface area contributed by atoms with Crippen molar-refractivity contribution in [1.82, 2.24) is 0 Å². The number of halogens is 8. The summed E-state index contributed by atoms with van der Waals surface area (Å²) >= 11 is 35.2. The van der Waals surface area contributed by atoms with Crippen molar-refractivity contribution in [3.05, 3.63) is 472 Å². The van der Waals surface area contributed by atoms with Crippen LogP contribution in [0.1, 0.15) is 94.5 Å². The fourth-order valence-corrected chi connectivity index (χ4v) is 18.0. The fraction of sp³-hybridized carbons (Fsp3) is 0.154. The SMILES string of the molecule is C=CCOc1c(Br)cc(C(C)(c2ccccc2)c2cc(Br)c(OCC=C)c(Br)c2)cc1Br.C=CCOc1ccc(C(C)(c2ccccc2)c2ccc(OCC=C)c(Br)c2)cc1Br.C=CCOc1ccc(C(C)(c2ccccc2)c2ccc(OCC=C)c(Cl)c2)cc1Cl.C=CCOc1ccc(C(C)(c2ccccc2)c2ccc(OCC=C)cc2)cc1. The van der Waals surface area contributed by atoms with Crippen LogP contribution in [-0.2, 0) is 21.7 Å². The molecule has 16 heteroatoms. The first-order valence-electron chi connectivity index (χ1n) is 38.5. The van der Waals surface area contributed by atoms with Gasteiger partial charge in [-0.1, -0.05) is 294 Å². The van der Waals surface area contributed by atoms with Gasteiger partial charge in [0.2, 0.25) is 0 Å². The van der Waals surface area contributed by atoms with Gasteiger partial charge < -0.3 is 37.9 Å². The Balaban J connectivity index is 0.000000182. The molecular weight excluding hydrogens is 1930 g/mol. The van der Waals surface area contributed by atoms with Crippen molar-refractivity contribution in [3.8, 4) is 46.0 Å². The topological polar surface area (TPSA) is 73.8 Å². The third-order valence-corrected chi connectivity index (χ3v) is 24.5. The Bertz CT molecular complexity index is 4970. The normalized spacial score (nSPS) is 11.0. The van der Waals surface area contributed by atoms with Gasteiger partial charge in [0.25, 0.3) is 0 Å². The molecule has 0 bridgehead atoms. The van der Waals surface area contributed by atoms with E-state index < -0.39 is 10.8 Å². The maximum Gasteiger partial charge on any atom is 0.148 e. The van der Waals surface area contributed by atoms with Crippen LogP contribution in [0.4, 0.5) is 0 Å². The van der Waals surface area contributed by atoms with Crippen molar-refractivity contribution in [2.45, 2.75) is 49.4 Å². The first-order valence-corrected chi connectivity index (χ1v) is 44.0. The van der Waals surface area contributed by atoms with E-state index >= 15 is 0 Å². The molecule has 12 rings (SSSR count). The van der Waals surface area contributed by atoms with E-state index in [1.165, 1.54) is 22.3 Å². The first-order chi connectivity index (χ1) is 58.0. The molecule has 120 heavy (non-hydrogen) atoms. The van der Waals surface area contributed by atoms with Crippen LogP contribution in [0.5, 0.6) is 46.0 Å². The van der Waals surface area contributed by atoms with E-state index in [2.05, 4.69) is 334 Å². The molecule has 0 amide bonds. The summed E-state index contributed by atoms with van der Waals surface area (Å²) < 4.78 is 51.0. The number of hydrogen-bond acceptors (Lipinski definition) is 8. The largest absolute Gasteiger partial charge is 0.490 e. The molecule has 0 heterocycles. The Labute approximate surface area is 769 Å². The minimum Gasteiger partial charge on any atom is -0.490 e. The van der Waals surface area contributed by atoms with Crippen LogP contribution in [0.2, 0.25) is 10.0 Å². The molecule has 0 radical (unpaired) electrons. The lowest BCUT2D eigenvalue weighted by molar-refractivity contribution is 0.358. The predicted molar refractivity (Wildman–Crippen MR) is 521 cm³/mol. The Morgan fingerprint density at radius 1 is 0.225 bits per heavy atom. The lowest BCUT2D eigenvalue weighted by Crippen LogP contribution is -2.25. The minimum atomic E-state index is -0.484. The molecule has 0 saturated carbocycles. The van der Waals surface area contributed by atoms with E-state index in [4.69, 9.17) is 61.1 Å². The highest BCUT2D eigenvalue weighted by Gasteiger charge is 2.37. The highest BCUT2D eigenvalue weighted by molar-refractivity contribution is 9.11. The van der Waals surface area contributed by atoms with Gasteiger partial charge in [-0.3, -0.25) is 0 Å². The molecule has 0 N–H and O–H groups in total. The van der Waals surface area contributed by atoms with Gasteiger partial charge in [-0.15, -0.1) is 0 Å². The van der Waals surface area contributed by atoms with Gasteiger partial charge in [0.1, 0.15) is 98.9 Å². The third-order valence-electron chi connectivity index (χ3n) is 20.3. The minimum absolute atomic E-state index is 0.296. The summed E-state index contributed by atoms with van der Waals surface area (Å²) in [5, 5.41) is 1.10. The average molecular weight is 2020 g/mol. The second-order valence-corrected chi connectivity index (χ2v) is 33.9. The Morgan fingerprint density at radius 2 is 0.425 bits per heavy atom. The van der Waals surface area contributed by atoms with E-state index in [1.54, 1.807) is 48.6 Å². The first kappa shape index (κ1) is 94.3. The number of rotatable bonds is 36. The maximum atomic E-state index is 6.55. The molecule has 616 valence electrons. The van der Waals surface area contributed by atoms with Gasteiger partial charge >= 0.3 is 0 Å². The van der Waals surface area contributed by atoms with E-state index in [-0.39, 0.29) is 10.8 Å². The zero-order chi connectivity index (χ0) is 86.2. The van der Waals surface area contributed by atoms with Crippen molar-refractivity contribution in [2.75, 3.05) is 52.9 Å². The number of benzene rings is 12. The lowest BCUT2D eigenvalue weighted by atomic mass is 9.71. The Hall–Kier alpha value is -9.58. The molecule has 0 spiro atoms. The Kier molecular flexibility index (Phi) is 36.5. The molecule has 0 aliphatic rings. The molecular formula is C104H96Br6Cl2O8. The van der Waals surface area contributed by atoms with Crippen molar-refractivity contribution >= 4 is 119 Å². The highest BCUT2D eigenvalue weighted by Crippen LogP contribution is 2.50. The van der Waals surface area contributed by atoms with E-state index in [0.29, 0.717) is 74.4 Å². The zero-order valence-corrected chi connectivity index (χ0v) is 78.7.